The van der Waals surface area contributed by atoms with Crippen molar-refractivity contribution in [1.82, 2.24) is 9.36 Å². The molecule has 0 amide bonds. The minimum absolute atomic E-state index is 0.277. The third-order valence-corrected chi connectivity index (χ3v) is 4.78. The highest BCUT2D eigenvalue weighted by Gasteiger charge is 2.31. The topological polar surface area (TPSA) is 80.1 Å². The fourth-order valence-corrected chi connectivity index (χ4v) is 3.25. The quantitative estimate of drug-likeness (QED) is 0.423. The van der Waals surface area contributed by atoms with Crippen LogP contribution in [0.1, 0.15) is 25.0 Å². The Hall–Kier alpha value is -2.97. The van der Waals surface area contributed by atoms with Gasteiger partial charge < -0.3 is 14.2 Å². The Morgan fingerprint density at radius 1 is 1.13 bits per heavy atom. The summed E-state index contributed by atoms with van der Waals surface area (Å²) in [4.78, 5) is 4.75. The van der Waals surface area contributed by atoms with Gasteiger partial charge in [-0.3, -0.25) is 0 Å². The molecule has 11 heteroatoms. The van der Waals surface area contributed by atoms with Crippen LogP contribution in [0.5, 0.6) is 17.2 Å². The molecule has 30 heavy (non-hydrogen) atoms. The summed E-state index contributed by atoms with van der Waals surface area (Å²) in [6, 6.07) is 10.8. The number of benzene rings is 2. The molecule has 0 saturated heterocycles. The fourth-order valence-electron chi connectivity index (χ4n) is 2.12. The van der Waals surface area contributed by atoms with Crippen LogP contribution in [-0.2, 0) is 0 Å². The van der Waals surface area contributed by atoms with Crippen molar-refractivity contribution >= 4 is 28.6 Å². The van der Waals surface area contributed by atoms with Gasteiger partial charge in [-0.25, -0.2) is 4.98 Å². The van der Waals surface area contributed by atoms with Crippen LogP contribution in [0.25, 0.3) is 0 Å². The molecule has 0 atom stereocenters. The zero-order chi connectivity index (χ0) is 22.1. The lowest BCUT2D eigenvalue weighted by atomic mass is 10.2. The fraction of sp³-hybridized carbons (Fsp3) is 0.211. The van der Waals surface area contributed by atoms with E-state index in [0.717, 1.165) is 11.0 Å². The molecule has 1 heterocycles. The molecule has 0 fully saturated rings. The Morgan fingerprint density at radius 2 is 1.87 bits per heavy atom. The molecule has 1 N–H and O–H groups in total. The first-order valence-corrected chi connectivity index (χ1v) is 10.2. The van der Waals surface area contributed by atoms with Crippen molar-refractivity contribution in [1.29, 1.82) is 5.26 Å². The van der Waals surface area contributed by atoms with Gasteiger partial charge in [-0.05, 0) is 60.8 Å². The lowest BCUT2D eigenvalue weighted by Crippen LogP contribution is -2.17. The smallest absolute Gasteiger partial charge is 0.456 e. The molecule has 0 aliphatic heterocycles. The summed E-state index contributed by atoms with van der Waals surface area (Å²) in [5.74, 6) is 0.265. The highest BCUT2D eigenvalue weighted by molar-refractivity contribution is 8.00. The van der Waals surface area contributed by atoms with Gasteiger partial charge in [-0.1, -0.05) is 13.8 Å². The van der Waals surface area contributed by atoms with E-state index in [9.17, 15) is 18.4 Å². The third-order valence-electron chi connectivity index (χ3n) is 3.29. The summed E-state index contributed by atoms with van der Waals surface area (Å²) in [6.45, 7) is 5.58. The molecule has 6 nitrogen and oxygen atoms in total. The largest absolute Gasteiger partial charge is 0.573 e. The van der Waals surface area contributed by atoms with E-state index in [1.54, 1.807) is 25.1 Å². The zero-order valence-corrected chi connectivity index (χ0v) is 17.8. The number of alkyl halides is 3. The van der Waals surface area contributed by atoms with Crippen LogP contribution >= 0.6 is 23.5 Å². The summed E-state index contributed by atoms with van der Waals surface area (Å²) in [7, 11) is 0. The number of nitrogens with one attached hydrogen (secondary N) is 1. The van der Waals surface area contributed by atoms with Crippen molar-refractivity contribution in [3.05, 3.63) is 53.9 Å². The molecule has 3 aromatic rings. The predicted octanol–water partition coefficient (Wildman–Crippen LogP) is 6.55. The predicted molar refractivity (Wildman–Crippen MR) is 110 cm³/mol. The Balaban J connectivity index is 0.00000155. The number of aryl methyl sites for hydroxylation is 1. The number of hydrogen-bond donors (Lipinski definition) is 1. The highest BCUT2D eigenvalue weighted by atomic mass is 32.2. The van der Waals surface area contributed by atoms with E-state index < -0.39 is 6.36 Å². The van der Waals surface area contributed by atoms with Gasteiger partial charge in [0.05, 0.1) is 5.56 Å². The molecule has 0 aliphatic rings. The van der Waals surface area contributed by atoms with E-state index in [0.29, 0.717) is 16.4 Å². The second-order valence-electron chi connectivity index (χ2n) is 5.30. The summed E-state index contributed by atoms with van der Waals surface area (Å²) >= 11 is 2.46. The number of rotatable bonds is 6. The second-order valence-corrected chi connectivity index (χ2v) is 6.96. The van der Waals surface area contributed by atoms with Crippen molar-refractivity contribution in [3.63, 3.8) is 0 Å². The van der Waals surface area contributed by atoms with E-state index in [2.05, 4.69) is 18.8 Å². The van der Waals surface area contributed by atoms with Crippen molar-refractivity contribution in [2.24, 2.45) is 0 Å². The van der Waals surface area contributed by atoms with E-state index in [1.807, 2.05) is 19.9 Å². The first-order valence-electron chi connectivity index (χ1n) is 8.62. The molecule has 0 saturated carbocycles. The maximum atomic E-state index is 12.3. The molecule has 0 radical (unpaired) electrons. The van der Waals surface area contributed by atoms with E-state index in [-0.39, 0.29) is 17.1 Å². The van der Waals surface area contributed by atoms with Crippen molar-refractivity contribution in [3.8, 4) is 23.3 Å². The van der Waals surface area contributed by atoms with Crippen LogP contribution in [0.3, 0.4) is 0 Å². The molecular formula is C19H17F3N4O2S2. The normalized spacial score (nSPS) is 10.4. The number of nitrogens with zero attached hydrogens (tertiary/aromatic N) is 3. The van der Waals surface area contributed by atoms with E-state index in [4.69, 9.17) is 4.74 Å². The molecule has 3 rings (SSSR count). The molecule has 1 aromatic heterocycles. The summed E-state index contributed by atoms with van der Waals surface area (Å²) in [6.07, 6.45) is -3.34. The molecule has 0 bridgehead atoms. The standard InChI is InChI=1S/C17H11F3N4O2S2.C2H6/c1-10-6-12(26-17(18,19)20)2-4-14(10)25-15-5-3-13(7-11(15)8-21)27-24-16-22-9-23-28-16;1-2/h2-7,9H,1H3,(H,22,23,24);1-2H3. The molecule has 2 aromatic carbocycles. The van der Waals surface area contributed by atoms with Gasteiger partial charge in [0.25, 0.3) is 0 Å². The van der Waals surface area contributed by atoms with E-state index >= 15 is 0 Å². The molecular weight excluding hydrogens is 437 g/mol. The second kappa shape index (κ2) is 10.7. The summed E-state index contributed by atoms with van der Waals surface area (Å²) in [5.41, 5.74) is 0.709. The Morgan fingerprint density at radius 3 is 2.47 bits per heavy atom. The van der Waals surface area contributed by atoms with Gasteiger partial charge in [-0.2, -0.15) is 9.64 Å². The van der Waals surface area contributed by atoms with Crippen LogP contribution in [-0.4, -0.2) is 15.7 Å². The van der Waals surface area contributed by atoms with Gasteiger partial charge in [-0.15, -0.1) is 13.2 Å². The SMILES string of the molecule is CC.Cc1cc(OC(F)(F)F)ccc1Oc1ccc(SNc2ncns2)cc1C#N. The molecule has 0 unspecified atom stereocenters. The molecule has 0 aliphatic carbocycles. The molecule has 158 valence electrons. The lowest BCUT2D eigenvalue weighted by molar-refractivity contribution is -0.274. The van der Waals surface area contributed by atoms with Crippen LogP contribution in [0.4, 0.5) is 18.3 Å². The number of halogens is 3. The highest BCUT2D eigenvalue weighted by Crippen LogP contribution is 2.33. The third kappa shape index (κ3) is 6.82. The van der Waals surface area contributed by atoms with Gasteiger partial charge >= 0.3 is 6.36 Å². The first-order chi connectivity index (χ1) is 14.3. The maximum absolute atomic E-state index is 12.3. The van der Waals surface area contributed by atoms with Crippen molar-refractivity contribution in [2.75, 3.05) is 4.72 Å². The minimum atomic E-state index is -4.76. The lowest BCUT2D eigenvalue weighted by Gasteiger charge is -2.13. The van der Waals surface area contributed by atoms with Crippen LogP contribution < -0.4 is 14.2 Å². The average Bonchev–Trinajstić information content (AvgIpc) is 3.23. The van der Waals surface area contributed by atoms with Crippen LogP contribution in [0.15, 0.2) is 47.6 Å². The Bertz CT molecular complexity index is 1010. The van der Waals surface area contributed by atoms with Gasteiger partial charge in [0.1, 0.15) is 29.6 Å². The number of anilines is 1. The molecule has 0 spiro atoms. The number of hydrogen-bond acceptors (Lipinski definition) is 8. The Labute approximate surface area is 180 Å². The van der Waals surface area contributed by atoms with Crippen molar-refractivity contribution in [2.45, 2.75) is 32.0 Å². The average molecular weight is 454 g/mol. The van der Waals surface area contributed by atoms with Gasteiger partial charge in [0.15, 0.2) is 0 Å². The van der Waals surface area contributed by atoms with E-state index in [1.165, 1.54) is 41.9 Å². The zero-order valence-electron chi connectivity index (χ0n) is 16.1. The number of ether oxygens (including phenoxy) is 2. The number of aromatic nitrogens is 2. The maximum Gasteiger partial charge on any atom is 0.573 e. The Kier molecular flexibility index (Phi) is 8.32. The first kappa shape index (κ1) is 23.3. The number of nitriles is 1. The van der Waals surface area contributed by atoms with Crippen LogP contribution in [0, 0.1) is 18.3 Å². The monoisotopic (exact) mass is 454 g/mol. The van der Waals surface area contributed by atoms with Gasteiger partial charge in [0, 0.05) is 16.4 Å². The van der Waals surface area contributed by atoms with Crippen LogP contribution in [0.2, 0.25) is 0 Å². The van der Waals surface area contributed by atoms with Crippen molar-refractivity contribution < 1.29 is 22.6 Å². The van der Waals surface area contributed by atoms with Gasteiger partial charge in [0.2, 0.25) is 5.13 Å². The summed E-state index contributed by atoms with van der Waals surface area (Å²) < 4.78 is 53.4. The summed E-state index contributed by atoms with van der Waals surface area (Å²) in [5, 5.41) is 10.0. The minimum Gasteiger partial charge on any atom is -0.456 e.